The normalized spacial score (nSPS) is 23.9. The highest BCUT2D eigenvalue weighted by Gasteiger charge is 2.23. The minimum atomic E-state index is -0.242. The van der Waals surface area contributed by atoms with E-state index in [0.717, 1.165) is 35.0 Å². The number of benzene rings is 1. The second-order valence-corrected chi connectivity index (χ2v) is 5.66. The molecule has 0 unspecified atom stereocenters. The quantitative estimate of drug-likeness (QED) is 0.896. The first-order chi connectivity index (χ1) is 8.72. The van der Waals surface area contributed by atoms with Gasteiger partial charge < -0.3 is 15.2 Å². The van der Waals surface area contributed by atoms with Crippen molar-refractivity contribution in [3.05, 3.63) is 28.2 Å². The van der Waals surface area contributed by atoms with Gasteiger partial charge in [0.05, 0.1) is 18.8 Å². The van der Waals surface area contributed by atoms with Crippen molar-refractivity contribution in [3.63, 3.8) is 0 Å². The van der Waals surface area contributed by atoms with Crippen molar-refractivity contribution < 1.29 is 9.84 Å². The zero-order valence-corrected chi connectivity index (χ0v) is 12.2. The average Bonchev–Trinajstić information content (AvgIpc) is 2.36. The molecule has 0 aliphatic heterocycles. The molecule has 0 amide bonds. The maximum absolute atomic E-state index is 10.0. The monoisotopic (exact) mass is 313 g/mol. The van der Waals surface area contributed by atoms with Gasteiger partial charge in [-0.1, -0.05) is 34.8 Å². The Morgan fingerprint density at radius 3 is 2.89 bits per heavy atom. The first-order valence-corrected chi connectivity index (χ1v) is 7.22. The van der Waals surface area contributed by atoms with Gasteiger partial charge in [-0.05, 0) is 25.0 Å². The number of aliphatic hydroxyl groups excluding tert-OH is 1. The first-order valence-electron chi connectivity index (χ1n) is 6.43. The molecule has 1 saturated carbocycles. The summed E-state index contributed by atoms with van der Waals surface area (Å²) in [5.74, 6) is 0. The Balaban J connectivity index is 2.14. The molecular formula is C14H20BrNO2. The standard InChI is InChI=1S/C14H20BrNO2/c1-18-9-10-11(15)5-4-7-12(10)16-13-6-2-3-8-14(13)17/h4-5,7,13-14,16-17H,2-3,6,8-9H2,1H3/t13-,14-/m1/s1. The molecule has 2 rings (SSSR count). The summed E-state index contributed by atoms with van der Waals surface area (Å²) < 4.78 is 6.27. The van der Waals surface area contributed by atoms with E-state index < -0.39 is 0 Å². The molecule has 2 atom stereocenters. The van der Waals surface area contributed by atoms with Crippen LogP contribution in [0.3, 0.4) is 0 Å². The summed E-state index contributed by atoms with van der Waals surface area (Å²) in [6.45, 7) is 0.562. The largest absolute Gasteiger partial charge is 0.391 e. The number of nitrogens with one attached hydrogen (secondary N) is 1. The molecule has 0 saturated heterocycles. The molecule has 0 radical (unpaired) electrons. The van der Waals surface area contributed by atoms with Gasteiger partial charge in [-0.2, -0.15) is 0 Å². The van der Waals surface area contributed by atoms with Gasteiger partial charge in [-0.15, -0.1) is 0 Å². The molecule has 0 heterocycles. The highest BCUT2D eigenvalue weighted by atomic mass is 79.9. The van der Waals surface area contributed by atoms with Crippen LogP contribution in [0.4, 0.5) is 5.69 Å². The van der Waals surface area contributed by atoms with Gasteiger partial charge in [0, 0.05) is 22.8 Å². The first kappa shape index (κ1) is 13.8. The lowest BCUT2D eigenvalue weighted by Gasteiger charge is -2.30. The topological polar surface area (TPSA) is 41.5 Å². The maximum Gasteiger partial charge on any atom is 0.0744 e. The molecule has 100 valence electrons. The number of rotatable bonds is 4. The highest BCUT2D eigenvalue weighted by molar-refractivity contribution is 9.10. The molecule has 2 N–H and O–H groups in total. The number of anilines is 1. The molecule has 4 heteroatoms. The Hall–Kier alpha value is -0.580. The molecule has 1 aromatic rings. The van der Waals surface area contributed by atoms with E-state index in [2.05, 4.69) is 21.2 Å². The van der Waals surface area contributed by atoms with Gasteiger partial charge in [-0.3, -0.25) is 0 Å². The van der Waals surface area contributed by atoms with Crippen LogP contribution < -0.4 is 5.32 Å². The van der Waals surface area contributed by atoms with Gasteiger partial charge in [0.25, 0.3) is 0 Å². The lowest BCUT2D eigenvalue weighted by atomic mass is 9.92. The van der Waals surface area contributed by atoms with E-state index in [1.165, 1.54) is 6.42 Å². The number of aliphatic hydroxyl groups is 1. The SMILES string of the molecule is COCc1c(Br)cccc1N[C@@H]1CCCC[C@H]1O. The molecule has 3 nitrogen and oxygen atoms in total. The molecule has 1 aromatic carbocycles. The van der Waals surface area contributed by atoms with Crippen molar-refractivity contribution in [1.82, 2.24) is 0 Å². The summed E-state index contributed by atoms with van der Waals surface area (Å²) >= 11 is 3.55. The van der Waals surface area contributed by atoms with E-state index in [1.807, 2.05) is 18.2 Å². The second kappa shape index (κ2) is 6.55. The summed E-state index contributed by atoms with van der Waals surface area (Å²) in [7, 11) is 1.69. The molecule has 1 aliphatic carbocycles. The van der Waals surface area contributed by atoms with E-state index in [4.69, 9.17) is 4.74 Å². The number of methoxy groups -OCH3 is 1. The van der Waals surface area contributed by atoms with Crippen molar-refractivity contribution in [1.29, 1.82) is 0 Å². The van der Waals surface area contributed by atoms with E-state index in [1.54, 1.807) is 7.11 Å². The van der Waals surface area contributed by atoms with Crippen LogP contribution in [0.25, 0.3) is 0 Å². The maximum atomic E-state index is 10.0. The van der Waals surface area contributed by atoms with Crippen molar-refractivity contribution >= 4 is 21.6 Å². The predicted molar refractivity (Wildman–Crippen MR) is 76.7 cm³/mol. The third kappa shape index (κ3) is 3.25. The number of hydrogen-bond acceptors (Lipinski definition) is 3. The number of hydrogen-bond donors (Lipinski definition) is 2. The number of halogens is 1. The van der Waals surface area contributed by atoms with Gasteiger partial charge in [-0.25, -0.2) is 0 Å². The molecule has 18 heavy (non-hydrogen) atoms. The summed E-state index contributed by atoms with van der Waals surface area (Å²) in [5.41, 5.74) is 2.16. The van der Waals surface area contributed by atoms with Crippen LogP contribution in [-0.2, 0) is 11.3 Å². The summed E-state index contributed by atoms with van der Waals surface area (Å²) in [5, 5.41) is 13.5. The van der Waals surface area contributed by atoms with Crippen LogP contribution in [0.2, 0.25) is 0 Å². The lowest BCUT2D eigenvalue weighted by Crippen LogP contribution is -2.36. The van der Waals surface area contributed by atoms with E-state index in [0.29, 0.717) is 6.61 Å². The van der Waals surface area contributed by atoms with Gasteiger partial charge >= 0.3 is 0 Å². The van der Waals surface area contributed by atoms with Crippen LogP contribution in [0.15, 0.2) is 22.7 Å². The highest BCUT2D eigenvalue weighted by Crippen LogP contribution is 2.29. The third-order valence-electron chi connectivity index (χ3n) is 3.48. The molecule has 0 aromatic heterocycles. The zero-order chi connectivity index (χ0) is 13.0. The summed E-state index contributed by atoms with van der Waals surface area (Å²) in [6.07, 6.45) is 3.99. The Morgan fingerprint density at radius 1 is 1.39 bits per heavy atom. The van der Waals surface area contributed by atoms with E-state index in [-0.39, 0.29) is 12.1 Å². The van der Waals surface area contributed by atoms with Crippen molar-refractivity contribution in [2.45, 2.75) is 44.4 Å². The number of ether oxygens (including phenoxy) is 1. The zero-order valence-electron chi connectivity index (χ0n) is 10.7. The van der Waals surface area contributed by atoms with Crippen LogP contribution in [0.5, 0.6) is 0 Å². The Bertz CT molecular complexity index is 397. The lowest BCUT2D eigenvalue weighted by molar-refractivity contribution is 0.116. The molecular weight excluding hydrogens is 294 g/mol. The fourth-order valence-electron chi connectivity index (χ4n) is 2.46. The third-order valence-corrected chi connectivity index (χ3v) is 4.22. The van der Waals surface area contributed by atoms with Crippen molar-refractivity contribution in [2.75, 3.05) is 12.4 Å². The Labute approximate surface area is 117 Å². The van der Waals surface area contributed by atoms with Crippen LogP contribution >= 0.6 is 15.9 Å². The Kier molecular flexibility index (Phi) is 5.03. The fourth-order valence-corrected chi connectivity index (χ4v) is 2.94. The van der Waals surface area contributed by atoms with Crippen LogP contribution in [0, 0.1) is 0 Å². The van der Waals surface area contributed by atoms with Gasteiger partial charge in [0.15, 0.2) is 0 Å². The van der Waals surface area contributed by atoms with Crippen molar-refractivity contribution in [3.8, 4) is 0 Å². The molecule has 0 spiro atoms. The molecule has 1 fully saturated rings. The van der Waals surface area contributed by atoms with Gasteiger partial charge in [0.1, 0.15) is 0 Å². The van der Waals surface area contributed by atoms with Crippen LogP contribution in [-0.4, -0.2) is 24.4 Å². The molecule has 0 bridgehead atoms. The average molecular weight is 314 g/mol. The predicted octanol–water partition coefficient (Wildman–Crippen LogP) is 3.31. The minimum absolute atomic E-state index is 0.156. The van der Waals surface area contributed by atoms with Crippen molar-refractivity contribution in [2.24, 2.45) is 0 Å². The van der Waals surface area contributed by atoms with E-state index >= 15 is 0 Å². The fraction of sp³-hybridized carbons (Fsp3) is 0.571. The Morgan fingerprint density at radius 2 is 2.17 bits per heavy atom. The smallest absolute Gasteiger partial charge is 0.0744 e. The minimum Gasteiger partial charge on any atom is -0.391 e. The summed E-state index contributed by atoms with van der Waals surface area (Å²) in [4.78, 5) is 0. The van der Waals surface area contributed by atoms with E-state index in [9.17, 15) is 5.11 Å². The molecule has 1 aliphatic rings. The van der Waals surface area contributed by atoms with Gasteiger partial charge in [0.2, 0.25) is 0 Å². The second-order valence-electron chi connectivity index (χ2n) is 4.80. The van der Waals surface area contributed by atoms with Crippen LogP contribution in [0.1, 0.15) is 31.2 Å². The summed E-state index contributed by atoms with van der Waals surface area (Å²) in [6, 6.07) is 6.21.